The van der Waals surface area contributed by atoms with Gasteiger partial charge >= 0.3 is 0 Å². The largest absolute Gasteiger partial charge is 0.504 e. The number of nitrogens with zero attached hydrogens (tertiary/aromatic N) is 1. The number of phenols is 1. The number of hydrogen-bond acceptors (Lipinski definition) is 5. The van der Waals surface area contributed by atoms with Gasteiger partial charge in [-0.15, -0.1) is 0 Å². The molecule has 1 aliphatic heterocycles. The molecule has 1 saturated carbocycles. The molecule has 0 radical (unpaired) electrons. The zero-order valence-corrected chi connectivity index (χ0v) is 16.5. The first-order chi connectivity index (χ1) is 11.5. The van der Waals surface area contributed by atoms with Gasteiger partial charge in [0.15, 0.2) is 11.5 Å². The van der Waals surface area contributed by atoms with Gasteiger partial charge in [-0.25, -0.2) is 0 Å². The van der Waals surface area contributed by atoms with Gasteiger partial charge in [-0.05, 0) is 36.6 Å². The minimum atomic E-state index is -0.0177. The van der Waals surface area contributed by atoms with Crippen LogP contribution in [-0.2, 0) is 4.79 Å². The Balaban J connectivity index is 1.89. The third kappa shape index (κ3) is 3.48. The molecule has 1 aromatic rings. The number of carbonyl (C=O) groups is 1. The number of thioether (sulfide) groups is 1. The summed E-state index contributed by atoms with van der Waals surface area (Å²) < 4.78 is 6.48. The monoisotopic (exact) mass is 427 g/mol. The summed E-state index contributed by atoms with van der Waals surface area (Å²) in [6.45, 7) is 0. The molecule has 7 heteroatoms. The molecule has 4 nitrogen and oxygen atoms in total. The van der Waals surface area contributed by atoms with Crippen LogP contribution in [0.4, 0.5) is 0 Å². The van der Waals surface area contributed by atoms with Crippen molar-refractivity contribution in [3.8, 4) is 11.5 Å². The number of phenolic OH excluding ortho intramolecular Hbond substituents is 1. The zero-order valence-electron chi connectivity index (χ0n) is 13.3. The fourth-order valence-electron chi connectivity index (χ4n) is 3.11. The lowest BCUT2D eigenvalue weighted by molar-refractivity contribution is -0.124. The molecular formula is C17H18BrNO3S2. The second kappa shape index (κ2) is 7.45. The topological polar surface area (TPSA) is 49.8 Å². The SMILES string of the molecule is COc1cc(C=C2SC(=S)N(C3CCCCC3)C2=O)c(Br)cc1O. The van der Waals surface area contributed by atoms with E-state index in [2.05, 4.69) is 15.9 Å². The lowest BCUT2D eigenvalue weighted by Gasteiger charge is -2.29. The quantitative estimate of drug-likeness (QED) is 0.559. The summed E-state index contributed by atoms with van der Waals surface area (Å²) in [5.41, 5.74) is 0.772. The van der Waals surface area contributed by atoms with Gasteiger partial charge < -0.3 is 9.84 Å². The van der Waals surface area contributed by atoms with Crippen molar-refractivity contribution in [3.63, 3.8) is 0 Å². The maximum atomic E-state index is 12.8. The summed E-state index contributed by atoms with van der Waals surface area (Å²) in [7, 11) is 1.50. The van der Waals surface area contributed by atoms with Crippen molar-refractivity contribution >= 4 is 56.2 Å². The van der Waals surface area contributed by atoms with Crippen LogP contribution in [-0.4, -0.2) is 33.4 Å². The molecule has 0 bridgehead atoms. The van der Waals surface area contributed by atoms with Crippen molar-refractivity contribution in [2.45, 2.75) is 38.1 Å². The molecule has 24 heavy (non-hydrogen) atoms. The first-order valence-corrected chi connectivity index (χ1v) is 9.86. The van der Waals surface area contributed by atoms with Crippen LogP contribution in [0.15, 0.2) is 21.5 Å². The fourth-order valence-corrected chi connectivity index (χ4v) is 4.94. The highest BCUT2D eigenvalue weighted by Gasteiger charge is 2.37. The second-order valence-corrected chi connectivity index (χ2v) is 8.42. The predicted octanol–water partition coefficient (Wildman–Crippen LogP) is 4.70. The van der Waals surface area contributed by atoms with Gasteiger partial charge in [0, 0.05) is 10.5 Å². The number of benzene rings is 1. The van der Waals surface area contributed by atoms with Gasteiger partial charge in [-0.3, -0.25) is 9.69 Å². The normalized spacial score (nSPS) is 20.9. The van der Waals surface area contributed by atoms with E-state index in [1.165, 1.54) is 25.3 Å². The molecule has 3 rings (SSSR count). The summed E-state index contributed by atoms with van der Waals surface area (Å²) in [5.74, 6) is 0.402. The van der Waals surface area contributed by atoms with Crippen LogP contribution < -0.4 is 4.74 Å². The lowest BCUT2D eigenvalue weighted by atomic mass is 9.94. The number of methoxy groups -OCH3 is 1. The van der Waals surface area contributed by atoms with Crippen LogP contribution in [0.5, 0.6) is 11.5 Å². The van der Waals surface area contributed by atoms with E-state index in [1.807, 2.05) is 0 Å². The van der Waals surface area contributed by atoms with Crippen molar-refractivity contribution < 1.29 is 14.6 Å². The van der Waals surface area contributed by atoms with Crippen LogP contribution in [0.1, 0.15) is 37.7 Å². The van der Waals surface area contributed by atoms with Gasteiger partial charge in [-0.2, -0.15) is 0 Å². The number of amides is 1. The molecule has 0 aromatic heterocycles. The number of aromatic hydroxyl groups is 1. The minimum Gasteiger partial charge on any atom is -0.504 e. The fraction of sp³-hybridized carbons (Fsp3) is 0.412. The van der Waals surface area contributed by atoms with E-state index in [4.69, 9.17) is 17.0 Å². The van der Waals surface area contributed by atoms with Gasteiger partial charge in [0.25, 0.3) is 5.91 Å². The first kappa shape index (κ1) is 17.8. The minimum absolute atomic E-state index is 0.0177. The highest BCUT2D eigenvalue weighted by Crippen LogP contribution is 2.39. The van der Waals surface area contributed by atoms with Crippen molar-refractivity contribution in [1.29, 1.82) is 0 Å². The summed E-state index contributed by atoms with van der Waals surface area (Å²) in [5, 5.41) is 9.81. The molecule has 2 fully saturated rings. The van der Waals surface area contributed by atoms with E-state index in [-0.39, 0.29) is 17.7 Å². The van der Waals surface area contributed by atoms with Crippen LogP contribution in [0.3, 0.4) is 0 Å². The third-order valence-corrected chi connectivity index (χ3v) is 6.37. The molecule has 0 unspecified atom stereocenters. The molecule has 1 aliphatic carbocycles. The molecule has 128 valence electrons. The van der Waals surface area contributed by atoms with Crippen LogP contribution >= 0.6 is 39.9 Å². The number of rotatable bonds is 3. The number of hydrogen-bond donors (Lipinski definition) is 1. The average molecular weight is 428 g/mol. The van der Waals surface area contributed by atoms with E-state index in [9.17, 15) is 9.90 Å². The third-order valence-electron chi connectivity index (χ3n) is 4.35. The smallest absolute Gasteiger partial charge is 0.266 e. The first-order valence-electron chi connectivity index (χ1n) is 7.85. The Bertz CT molecular complexity index is 714. The van der Waals surface area contributed by atoms with Gasteiger partial charge in [-0.1, -0.05) is 59.2 Å². The maximum Gasteiger partial charge on any atom is 0.266 e. The highest BCUT2D eigenvalue weighted by atomic mass is 79.9. The van der Waals surface area contributed by atoms with E-state index in [1.54, 1.807) is 23.1 Å². The van der Waals surface area contributed by atoms with Crippen molar-refractivity contribution in [3.05, 3.63) is 27.1 Å². The highest BCUT2D eigenvalue weighted by molar-refractivity contribution is 9.10. The molecule has 1 amide bonds. The van der Waals surface area contributed by atoms with Crippen LogP contribution in [0, 0.1) is 0 Å². The van der Waals surface area contributed by atoms with E-state index >= 15 is 0 Å². The molecule has 0 spiro atoms. The van der Waals surface area contributed by atoms with Crippen molar-refractivity contribution in [2.24, 2.45) is 0 Å². The summed E-state index contributed by atoms with van der Waals surface area (Å²) in [4.78, 5) is 15.2. The molecule has 1 heterocycles. The van der Waals surface area contributed by atoms with Crippen LogP contribution in [0.25, 0.3) is 6.08 Å². The Kier molecular flexibility index (Phi) is 5.52. The average Bonchev–Trinajstić information content (AvgIpc) is 2.84. The molecule has 1 N–H and O–H groups in total. The maximum absolute atomic E-state index is 12.8. The summed E-state index contributed by atoms with van der Waals surface area (Å²) in [6.07, 6.45) is 7.39. The second-order valence-electron chi connectivity index (χ2n) is 5.89. The Morgan fingerprint density at radius 3 is 2.75 bits per heavy atom. The standard InChI is InChI=1S/C17H18BrNO3S2/c1-22-14-7-10(12(18)9-13(14)20)8-15-16(21)19(17(23)24-15)11-5-3-2-4-6-11/h7-9,11,20H,2-6H2,1H3. The van der Waals surface area contributed by atoms with Crippen molar-refractivity contribution in [1.82, 2.24) is 4.90 Å². The van der Waals surface area contributed by atoms with Crippen molar-refractivity contribution in [2.75, 3.05) is 7.11 Å². The van der Waals surface area contributed by atoms with E-state index < -0.39 is 0 Å². The van der Waals surface area contributed by atoms with E-state index in [0.29, 0.717) is 19.4 Å². The lowest BCUT2D eigenvalue weighted by Crippen LogP contribution is -2.39. The Morgan fingerprint density at radius 1 is 1.38 bits per heavy atom. The van der Waals surface area contributed by atoms with Gasteiger partial charge in [0.2, 0.25) is 0 Å². The molecule has 0 atom stereocenters. The molecule has 1 saturated heterocycles. The number of halogens is 1. The molecule has 1 aromatic carbocycles. The van der Waals surface area contributed by atoms with Gasteiger partial charge in [0.1, 0.15) is 4.32 Å². The predicted molar refractivity (Wildman–Crippen MR) is 104 cm³/mol. The molecular weight excluding hydrogens is 410 g/mol. The summed E-state index contributed by atoms with van der Waals surface area (Å²) in [6, 6.07) is 3.49. The molecule has 2 aliphatic rings. The Hall–Kier alpha value is -1.05. The zero-order chi connectivity index (χ0) is 17.3. The summed E-state index contributed by atoms with van der Waals surface area (Å²) >= 11 is 10.2. The van der Waals surface area contributed by atoms with Crippen LogP contribution in [0.2, 0.25) is 0 Å². The van der Waals surface area contributed by atoms with E-state index in [0.717, 1.165) is 31.2 Å². The Morgan fingerprint density at radius 2 is 2.08 bits per heavy atom. The Labute approximate surface area is 159 Å². The van der Waals surface area contributed by atoms with Gasteiger partial charge in [0.05, 0.1) is 12.0 Å². The number of ether oxygens (including phenoxy) is 1. The number of thiocarbonyl (C=S) groups is 1. The number of carbonyl (C=O) groups excluding carboxylic acids is 1.